The number of para-hydroxylation sites is 2. The smallest absolute Gasteiger partial charge is 0.167 e. The normalized spacial score (nSPS) is 11.6. The molecule has 11 rings (SSSR count). The van der Waals surface area contributed by atoms with E-state index >= 15 is 0 Å². The summed E-state index contributed by atoms with van der Waals surface area (Å²) >= 11 is 1.74. The van der Waals surface area contributed by atoms with Crippen molar-refractivity contribution < 1.29 is 4.42 Å². The molecule has 4 aromatic heterocycles. The van der Waals surface area contributed by atoms with E-state index in [1.807, 2.05) is 121 Å². The molecule has 0 saturated heterocycles. The first kappa shape index (κ1) is 32.0. The molecule has 0 aliphatic heterocycles. The van der Waals surface area contributed by atoms with Gasteiger partial charge in [0.05, 0.1) is 5.56 Å². The number of aromatic nitrogens is 6. The molecule has 0 atom stereocenters. The summed E-state index contributed by atoms with van der Waals surface area (Å²) in [5, 5.41) is 4.21. The molecular weight excluding hydrogens is 709 g/mol. The van der Waals surface area contributed by atoms with Gasteiger partial charge in [-0.2, -0.15) is 0 Å². The van der Waals surface area contributed by atoms with Gasteiger partial charge in [0.1, 0.15) is 11.2 Å². The molecule has 11 aromatic rings. The average Bonchev–Trinajstić information content (AvgIpc) is 3.85. The largest absolute Gasteiger partial charge is 0.455 e. The molecule has 0 N–H and O–H groups in total. The fraction of sp³-hybridized carbons (Fsp3) is 0. The van der Waals surface area contributed by atoms with E-state index in [4.69, 9.17) is 34.3 Å². The van der Waals surface area contributed by atoms with Crippen molar-refractivity contribution in [2.24, 2.45) is 0 Å². The van der Waals surface area contributed by atoms with Crippen LogP contribution in [0.5, 0.6) is 0 Å². The number of nitrogens with zero attached hydrogens (tertiary/aromatic N) is 6. The second kappa shape index (κ2) is 13.2. The molecule has 262 valence electrons. The molecule has 0 spiro atoms. The quantitative estimate of drug-likeness (QED) is 0.168. The maximum absolute atomic E-state index is 6.46. The predicted molar refractivity (Wildman–Crippen MR) is 226 cm³/mol. The molecule has 0 unspecified atom stereocenters. The summed E-state index contributed by atoms with van der Waals surface area (Å²) in [6, 6.07) is 57.1. The molecular formula is C48H28N6OS. The Morgan fingerprint density at radius 1 is 0.339 bits per heavy atom. The van der Waals surface area contributed by atoms with E-state index in [1.54, 1.807) is 11.3 Å². The van der Waals surface area contributed by atoms with E-state index in [1.165, 1.54) is 0 Å². The number of hydrogen-bond acceptors (Lipinski definition) is 8. The van der Waals surface area contributed by atoms with Crippen LogP contribution in [0.15, 0.2) is 174 Å². The number of fused-ring (bicyclic) bond motifs is 6. The number of hydrogen-bond donors (Lipinski definition) is 0. The van der Waals surface area contributed by atoms with Crippen LogP contribution in [0.25, 0.3) is 110 Å². The summed E-state index contributed by atoms with van der Waals surface area (Å²) in [7, 11) is 0. The second-order valence-corrected chi connectivity index (χ2v) is 14.6. The third-order valence-electron chi connectivity index (χ3n) is 10.0. The van der Waals surface area contributed by atoms with Gasteiger partial charge < -0.3 is 4.42 Å². The van der Waals surface area contributed by atoms with Crippen LogP contribution < -0.4 is 0 Å². The van der Waals surface area contributed by atoms with Crippen LogP contribution >= 0.6 is 11.3 Å². The molecule has 7 aromatic carbocycles. The first-order chi connectivity index (χ1) is 27.7. The lowest BCUT2D eigenvalue weighted by molar-refractivity contribution is 0.669. The van der Waals surface area contributed by atoms with Gasteiger partial charge in [-0.25, -0.2) is 29.9 Å². The molecule has 0 aliphatic carbocycles. The van der Waals surface area contributed by atoms with Crippen LogP contribution in [-0.4, -0.2) is 29.9 Å². The van der Waals surface area contributed by atoms with Gasteiger partial charge in [0.2, 0.25) is 0 Å². The number of thiophene rings is 1. The minimum Gasteiger partial charge on any atom is -0.455 e. The Morgan fingerprint density at radius 3 is 1.50 bits per heavy atom. The van der Waals surface area contributed by atoms with Gasteiger partial charge in [0.25, 0.3) is 0 Å². The summed E-state index contributed by atoms with van der Waals surface area (Å²) in [6.45, 7) is 0. The molecule has 56 heavy (non-hydrogen) atoms. The van der Waals surface area contributed by atoms with E-state index in [0.717, 1.165) is 75.5 Å². The van der Waals surface area contributed by atoms with Crippen molar-refractivity contribution in [3.05, 3.63) is 170 Å². The maximum Gasteiger partial charge on any atom is 0.167 e. The highest BCUT2D eigenvalue weighted by atomic mass is 32.1. The minimum atomic E-state index is 0.544. The highest BCUT2D eigenvalue weighted by molar-refractivity contribution is 7.26. The second-order valence-electron chi connectivity index (χ2n) is 13.5. The number of rotatable bonds is 6. The highest BCUT2D eigenvalue weighted by Crippen LogP contribution is 2.42. The third kappa shape index (κ3) is 5.51. The van der Waals surface area contributed by atoms with Gasteiger partial charge >= 0.3 is 0 Å². The fourth-order valence-electron chi connectivity index (χ4n) is 7.35. The monoisotopic (exact) mass is 736 g/mol. The molecule has 0 saturated carbocycles. The predicted octanol–water partition coefficient (Wildman–Crippen LogP) is 12.3. The lowest BCUT2D eigenvalue weighted by atomic mass is 10.0. The molecule has 7 nitrogen and oxygen atoms in total. The van der Waals surface area contributed by atoms with Gasteiger partial charge in [0.15, 0.2) is 34.9 Å². The highest BCUT2D eigenvalue weighted by Gasteiger charge is 2.21. The summed E-state index contributed by atoms with van der Waals surface area (Å²) in [4.78, 5) is 30.4. The van der Waals surface area contributed by atoms with Gasteiger partial charge in [-0.3, -0.25) is 0 Å². The van der Waals surface area contributed by atoms with Crippen LogP contribution in [0.1, 0.15) is 0 Å². The van der Waals surface area contributed by atoms with Crippen LogP contribution in [0.3, 0.4) is 0 Å². The van der Waals surface area contributed by atoms with Crippen molar-refractivity contribution in [1.82, 2.24) is 29.9 Å². The van der Waals surface area contributed by atoms with Crippen molar-refractivity contribution in [3.63, 3.8) is 0 Å². The van der Waals surface area contributed by atoms with Crippen molar-refractivity contribution in [3.8, 4) is 68.3 Å². The van der Waals surface area contributed by atoms with Crippen LogP contribution in [0.4, 0.5) is 0 Å². The van der Waals surface area contributed by atoms with Gasteiger partial charge in [-0.1, -0.05) is 133 Å². The van der Waals surface area contributed by atoms with E-state index in [-0.39, 0.29) is 0 Å². The van der Waals surface area contributed by atoms with E-state index in [2.05, 4.69) is 48.5 Å². The van der Waals surface area contributed by atoms with Crippen molar-refractivity contribution >= 4 is 53.4 Å². The molecule has 4 heterocycles. The molecule has 0 aliphatic rings. The SMILES string of the molecule is c1ccc(-c2nc(-c3ccccc3)nc(-c3ccc4sc5cccc(-c6nc(-c7ccccc7)nc(-c7cccc8c7oc7ccccc78)n6)c5c4c3)n2)cc1. The number of benzene rings is 7. The Bertz CT molecular complexity index is 3200. The topological polar surface area (TPSA) is 90.5 Å². The van der Waals surface area contributed by atoms with Crippen LogP contribution in [-0.2, 0) is 0 Å². The first-order valence-electron chi connectivity index (χ1n) is 18.3. The number of furan rings is 1. The zero-order valence-electron chi connectivity index (χ0n) is 29.7. The summed E-state index contributed by atoms with van der Waals surface area (Å²) in [5.41, 5.74) is 6.93. The minimum absolute atomic E-state index is 0.544. The van der Waals surface area contributed by atoms with Crippen molar-refractivity contribution in [2.45, 2.75) is 0 Å². The van der Waals surface area contributed by atoms with E-state index < -0.39 is 0 Å². The molecule has 0 amide bonds. The Labute approximate surface area is 324 Å². The molecule has 0 bridgehead atoms. The summed E-state index contributed by atoms with van der Waals surface area (Å²) in [6.07, 6.45) is 0. The maximum atomic E-state index is 6.46. The first-order valence-corrected chi connectivity index (χ1v) is 19.1. The standard InChI is InChI=1S/C48H28N6OS/c1-4-14-29(15-5-1)43-49-44(30-16-6-2-7-17-30)51-46(50-43)32-26-27-39-37(28-32)41-35(22-13-25-40(41)56-39)47-52-45(31-18-8-3-9-19-31)53-48(54-47)36-23-12-21-34-33-20-10-11-24-38(33)55-42(34)36/h1-28H. The lowest BCUT2D eigenvalue weighted by Gasteiger charge is -2.10. The molecule has 0 radical (unpaired) electrons. The van der Waals surface area contributed by atoms with Crippen molar-refractivity contribution in [2.75, 3.05) is 0 Å². The van der Waals surface area contributed by atoms with Gasteiger partial charge in [-0.05, 0) is 36.4 Å². The zero-order valence-corrected chi connectivity index (χ0v) is 30.5. The lowest BCUT2D eigenvalue weighted by Crippen LogP contribution is -2.00. The van der Waals surface area contributed by atoms with Gasteiger partial charge in [0, 0.05) is 58.8 Å². The zero-order chi connectivity index (χ0) is 37.0. The van der Waals surface area contributed by atoms with Crippen LogP contribution in [0.2, 0.25) is 0 Å². The fourth-order valence-corrected chi connectivity index (χ4v) is 8.46. The summed E-state index contributed by atoms with van der Waals surface area (Å²) in [5.74, 6) is 3.55. The third-order valence-corrected chi connectivity index (χ3v) is 11.1. The Kier molecular flexibility index (Phi) is 7.53. The Morgan fingerprint density at radius 2 is 0.839 bits per heavy atom. The van der Waals surface area contributed by atoms with Gasteiger partial charge in [-0.15, -0.1) is 11.3 Å². The summed E-state index contributed by atoms with van der Waals surface area (Å²) < 4.78 is 8.73. The Balaban J connectivity index is 1.12. The van der Waals surface area contributed by atoms with E-state index in [9.17, 15) is 0 Å². The van der Waals surface area contributed by atoms with E-state index in [0.29, 0.717) is 34.9 Å². The molecule has 0 fully saturated rings. The van der Waals surface area contributed by atoms with Crippen LogP contribution in [0, 0.1) is 0 Å². The average molecular weight is 737 g/mol. The Hall–Kier alpha value is -7.42. The molecule has 8 heteroatoms. The van der Waals surface area contributed by atoms with Crippen molar-refractivity contribution in [1.29, 1.82) is 0 Å².